The van der Waals surface area contributed by atoms with Gasteiger partial charge in [0.25, 0.3) is 5.91 Å². The van der Waals surface area contributed by atoms with Crippen LogP contribution in [-0.2, 0) is 4.79 Å². The highest BCUT2D eigenvalue weighted by molar-refractivity contribution is 5.95. The number of carbonyl (C=O) groups is 2. The lowest BCUT2D eigenvalue weighted by Crippen LogP contribution is -2.25. The standard InChI is InChI=1S/C17H26N2O3/c1-3-5-13(2)12-16(21)19-15-8-6-14(7-9-15)17(22)18-10-4-11-20/h6-9,13,20H,3-5,10-12H2,1-2H3,(H,18,22)(H,19,21). The van der Waals surface area contributed by atoms with Crippen molar-refractivity contribution in [1.82, 2.24) is 5.32 Å². The van der Waals surface area contributed by atoms with Gasteiger partial charge in [-0.05, 0) is 36.6 Å². The van der Waals surface area contributed by atoms with Crippen molar-refractivity contribution in [1.29, 1.82) is 0 Å². The summed E-state index contributed by atoms with van der Waals surface area (Å²) in [5, 5.41) is 14.2. The van der Waals surface area contributed by atoms with E-state index in [0.29, 0.717) is 36.6 Å². The molecule has 0 fully saturated rings. The van der Waals surface area contributed by atoms with Crippen LogP contribution in [0.2, 0.25) is 0 Å². The van der Waals surface area contributed by atoms with Crippen molar-refractivity contribution in [2.45, 2.75) is 39.5 Å². The Bertz CT molecular complexity index is 471. The fourth-order valence-corrected chi connectivity index (χ4v) is 2.21. The van der Waals surface area contributed by atoms with Crippen LogP contribution in [0.3, 0.4) is 0 Å². The maximum Gasteiger partial charge on any atom is 0.251 e. The molecule has 0 aromatic heterocycles. The Balaban J connectivity index is 2.47. The summed E-state index contributed by atoms with van der Waals surface area (Å²) in [6, 6.07) is 6.81. The molecule has 0 aliphatic carbocycles. The van der Waals surface area contributed by atoms with E-state index in [-0.39, 0.29) is 18.4 Å². The average Bonchev–Trinajstić information content (AvgIpc) is 2.48. The van der Waals surface area contributed by atoms with Crippen LogP contribution in [0.1, 0.15) is 49.9 Å². The number of aliphatic hydroxyl groups excluding tert-OH is 1. The summed E-state index contributed by atoms with van der Waals surface area (Å²) in [4.78, 5) is 23.7. The van der Waals surface area contributed by atoms with E-state index in [4.69, 9.17) is 5.11 Å². The molecule has 0 saturated carbocycles. The number of amides is 2. The first-order valence-corrected chi connectivity index (χ1v) is 7.85. The lowest BCUT2D eigenvalue weighted by molar-refractivity contribution is -0.117. The third-order valence-electron chi connectivity index (χ3n) is 3.37. The van der Waals surface area contributed by atoms with Gasteiger partial charge in [0.2, 0.25) is 5.91 Å². The van der Waals surface area contributed by atoms with Gasteiger partial charge in [-0.2, -0.15) is 0 Å². The zero-order chi connectivity index (χ0) is 16.4. The van der Waals surface area contributed by atoms with E-state index in [1.165, 1.54) is 0 Å². The van der Waals surface area contributed by atoms with E-state index in [2.05, 4.69) is 24.5 Å². The molecule has 0 aliphatic rings. The Labute approximate surface area is 132 Å². The van der Waals surface area contributed by atoms with Crippen molar-refractivity contribution in [3.63, 3.8) is 0 Å². The molecule has 22 heavy (non-hydrogen) atoms. The minimum atomic E-state index is -0.178. The average molecular weight is 306 g/mol. The molecular weight excluding hydrogens is 280 g/mol. The van der Waals surface area contributed by atoms with E-state index in [1.54, 1.807) is 24.3 Å². The molecule has 0 radical (unpaired) electrons. The maximum atomic E-state index is 11.9. The molecule has 2 amide bonds. The van der Waals surface area contributed by atoms with Gasteiger partial charge in [0.1, 0.15) is 0 Å². The molecule has 5 nitrogen and oxygen atoms in total. The van der Waals surface area contributed by atoms with Crippen LogP contribution in [0.5, 0.6) is 0 Å². The van der Waals surface area contributed by atoms with E-state index in [1.807, 2.05) is 0 Å². The van der Waals surface area contributed by atoms with Crippen LogP contribution in [0, 0.1) is 5.92 Å². The number of anilines is 1. The largest absolute Gasteiger partial charge is 0.396 e. The monoisotopic (exact) mass is 306 g/mol. The number of aliphatic hydroxyl groups is 1. The van der Waals surface area contributed by atoms with Crippen molar-refractivity contribution in [3.8, 4) is 0 Å². The van der Waals surface area contributed by atoms with E-state index < -0.39 is 0 Å². The van der Waals surface area contributed by atoms with Crippen molar-refractivity contribution in [2.24, 2.45) is 5.92 Å². The second-order valence-electron chi connectivity index (χ2n) is 5.56. The predicted molar refractivity (Wildman–Crippen MR) is 87.8 cm³/mol. The number of hydrogen-bond donors (Lipinski definition) is 3. The first kappa shape index (κ1) is 18.2. The summed E-state index contributed by atoms with van der Waals surface area (Å²) in [6.07, 6.45) is 3.17. The topological polar surface area (TPSA) is 78.4 Å². The Hall–Kier alpha value is -1.88. The van der Waals surface area contributed by atoms with Gasteiger partial charge in [-0.25, -0.2) is 0 Å². The molecule has 122 valence electrons. The summed E-state index contributed by atoms with van der Waals surface area (Å²) < 4.78 is 0. The molecule has 3 N–H and O–H groups in total. The zero-order valence-corrected chi connectivity index (χ0v) is 13.4. The molecule has 1 aromatic carbocycles. The highest BCUT2D eigenvalue weighted by atomic mass is 16.3. The highest BCUT2D eigenvalue weighted by Crippen LogP contribution is 2.13. The quantitative estimate of drug-likeness (QED) is 0.614. The third kappa shape index (κ3) is 6.72. The van der Waals surface area contributed by atoms with Crippen molar-refractivity contribution in [2.75, 3.05) is 18.5 Å². The minimum Gasteiger partial charge on any atom is -0.396 e. The van der Waals surface area contributed by atoms with Gasteiger partial charge in [0.15, 0.2) is 0 Å². The Morgan fingerprint density at radius 3 is 2.50 bits per heavy atom. The van der Waals surface area contributed by atoms with E-state index in [9.17, 15) is 9.59 Å². The molecule has 0 aliphatic heterocycles. The first-order valence-electron chi connectivity index (χ1n) is 7.85. The molecule has 0 saturated heterocycles. The third-order valence-corrected chi connectivity index (χ3v) is 3.37. The molecule has 1 aromatic rings. The van der Waals surface area contributed by atoms with Crippen LogP contribution in [-0.4, -0.2) is 30.1 Å². The van der Waals surface area contributed by atoms with Gasteiger partial charge in [-0.1, -0.05) is 26.7 Å². The number of carbonyl (C=O) groups excluding carboxylic acids is 2. The van der Waals surface area contributed by atoms with E-state index in [0.717, 1.165) is 12.8 Å². The molecule has 0 spiro atoms. The molecule has 0 bridgehead atoms. The molecule has 1 unspecified atom stereocenters. The van der Waals surface area contributed by atoms with Gasteiger partial charge in [0, 0.05) is 30.8 Å². The van der Waals surface area contributed by atoms with Gasteiger partial charge >= 0.3 is 0 Å². The number of hydrogen-bond acceptors (Lipinski definition) is 3. The lowest BCUT2D eigenvalue weighted by Gasteiger charge is -2.11. The fraction of sp³-hybridized carbons (Fsp3) is 0.529. The molecule has 1 atom stereocenters. The minimum absolute atomic E-state index is 0.00102. The van der Waals surface area contributed by atoms with Crippen LogP contribution in [0.4, 0.5) is 5.69 Å². The summed E-state index contributed by atoms with van der Waals surface area (Å²) in [5.74, 6) is 0.200. The van der Waals surface area contributed by atoms with Crippen LogP contribution in [0.25, 0.3) is 0 Å². The van der Waals surface area contributed by atoms with Gasteiger partial charge < -0.3 is 15.7 Å². The summed E-state index contributed by atoms with van der Waals surface area (Å²) in [6.45, 7) is 4.69. The van der Waals surface area contributed by atoms with Crippen LogP contribution >= 0.6 is 0 Å². The molecular formula is C17H26N2O3. The highest BCUT2D eigenvalue weighted by Gasteiger charge is 2.09. The van der Waals surface area contributed by atoms with Crippen LogP contribution < -0.4 is 10.6 Å². The normalized spacial score (nSPS) is 11.8. The lowest BCUT2D eigenvalue weighted by atomic mass is 10.0. The fourth-order valence-electron chi connectivity index (χ4n) is 2.21. The van der Waals surface area contributed by atoms with E-state index >= 15 is 0 Å². The Morgan fingerprint density at radius 2 is 1.91 bits per heavy atom. The second-order valence-corrected chi connectivity index (χ2v) is 5.56. The molecule has 0 heterocycles. The predicted octanol–water partition coefficient (Wildman–Crippen LogP) is 2.56. The number of benzene rings is 1. The van der Waals surface area contributed by atoms with Crippen LogP contribution in [0.15, 0.2) is 24.3 Å². The summed E-state index contributed by atoms with van der Waals surface area (Å²) in [7, 11) is 0. The smallest absolute Gasteiger partial charge is 0.251 e. The molecule has 1 rings (SSSR count). The van der Waals surface area contributed by atoms with Gasteiger partial charge in [-0.3, -0.25) is 9.59 Å². The number of rotatable bonds is 9. The Kier molecular flexibility index (Phi) is 8.22. The van der Waals surface area contributed by atoms with Crippen molar-refractivity contribution in [3.05, 3.63) is 29.8 Å². The zero-order valence-electron chi connectivity index (χ0n) is 13.4. The first-order chi connectivity index (χ1) is 10.6. The number of nitrogens with one attached hydrogen (secondary N) is 2. The van der Waals surface area contributed by atoms with Gasteiger partial charge in [-0.15, -0.1) is 0 Å². The SMILES string of the molecule is CCCC(C)CC(=O)Nc1ccc(C(=O)NCCCO)cc1. The molecule has 5 heteroatoms. The van der Waals surface area contributed by atoms with Crippen molar-refractivity contribution >= 4 is 17.5 Å². The second kappa shape index (κ2) is 9.95. The van der Waals surface area contributed by atoms with Gasteiger partial charge in [0.05, 0.1) is 0 Å². The maximum absolute atomic E-state index is 11.9. The Morgan fingerprint density at radius 1 is 1.23 bits per heavy atom. The summed E-state index contributed by atoms with van der Waals surface area (Å²) >= 11 is 0. The summed E-state index contributed by atoms with van der Waals surface area (Å²) in [5.41, 5.74) is 1.23. The van der Waals surface area contributed by atoms with Crippen molar-refractivity contribution < 1.29 is 14.7 Å².